The number of fused-ring (bicyclic) bond motifs is 1. The van der Waals surface area contributed by atoms with Crippen LogP contribution >= 0.6 is 0 Å². The molecule has 0 saturated carbocycles. The fourth-order valence-electron chi connectivity index (χ4n) is 3.72. The summed E-state index contributed by atoms with van der Waals surface area (Å²) >= 11 is 0. The molecule has 7 nitrogen and oxygen atoms in total. The highest BCUT2D eigenvalue weighted by Crippen LogP contribution is 2.18. The molecule has 0 unspecified atom stereocenters. The third-order valence-electron chi connectivity index (χ3n) is 5.33. The van der Waals surface area contributed by atoms with E-state index in [2.05, 4.69) is 15.3 Å². The van der Waals surface area contributed by atoms with Gasteiger partial charge in [0.1, 0.15) is 17.7 Å². The number of aromatic nitrogens is 3. The Bertz CT molecular complexity index is 1430. The van der Waals surface area contributed by atoms with Crippen LogP contribution in [0.4, 0.5) is 8.78 Å². The third kappa shape index (κ3) is 4.57. The molecule has 2 aromatic heterocycles. The number of pyridine rings is 1. The molecule has 168 valence electrons. The monoisotopic (exact) mass is 450 g/mol. The summed E-state index contributed by atoms with van der Waals surface area (Å²) in [6.07, 6.45) is 0.890. The summed E-state index contributed by atoms with van der Waals surface area (Å²) in [6.45, 7) is 1.48. The van der Waals surface area contributed by atoms with Crippen molar-refractivity contribution >= 4 is 16.8 Å². The van der Waals surface area contributed by atoms with E-state index in [1.54, 1.807) is 54.6 Å². The number of hydrogen-bond donors (Lipinski definition) is 2. The maximum absolute atomic E-state index is 14.2. The topological polar surface area (TPSA) is 96.9 Å². The number of nitrogens with one attached hydrogen (secondary N) is 2. The van der Waals surface area contributed by atoms with Crippen LogP contribution in [0.15, 0.2) is 76.4 Å². The summed E-state index contributed by atoms with van der Waals surface area (Å²) in [5, 5.41) is 2.85. The van der Waals surface area contributed by atoms with Crippen LogP contribution in [-0.2, 0) is 11.2 Å². The molecule has 0 aliphatic rings. The predicted octanol–water partition coefficient (Wildman–Crippen LogP) is 3.02. The van der Waals surface area contributed by atoms with Gasteiger partial charge in [-0.15, -0.1) is 0 Å². The Balaban J connectivity index is 1.76. The van der Waals surface area contributed by atoms with Gasteiger partial charge in [0.05, 0.1) is 28.8 Å². The molecule has 4 rings (SSSR count). The Hall–Kier alpha value is -4.14. The summed E-state index contributed by atoms with van der Waals surface area (Å²) in [7, 11) is 0. The highest BCUT2D eigenvalue weighted by atomic mass is 19.1. The van der Waals surface area contributed by atoms with Crippen LogP contribution in [0, 0.1) is 11.6 Å². The minimum Gasteiger partial charge on any atom is -0.346 e. The Morgan fingerprint density at radius 3 is 2.52 bits per heavy atom. The van der Waals surface area contributed by atoms with Gasteiger partial charge in [-0.25, -0.2) is 18.1 Å². The summed E-state index contributed by atoms with van der Waals surface area (Å²) in [5.41, 5.74) is -0.454. The largest absolute Gasteiger partial charge is 0.346 e. The number of halogens is 2. The van der Waals surface area contributed by atoms with Gasteiger partial charge in [-0.3, -0.25) is 14.6 Å². The fourth-order valence-corrected chi connectivity index (χ4v) is 3.72. The fraction of sp³-hybridized carbons (Fsp3) is 0.167. The van der Waals surface area contributed by atoms with Crippen molar-refractivity contribution in [1.82, 2.24) is 19.9 Å². The van der Waals surface area contributed by atoms with E-state index in [4.69, 9.17) is 0 Å². The van der Waals surface area contributed by atoms with Gasteiger partial charge in [-0.2, -0.15) is 0 Å². The molecule has 2 atom stereocenters. The second-order valence-corrected chi connectivity index (χ2v) is 7.61. The quantitative estimate of drug-likeness (QED) is 0.472. The minimum absolute atomic E-state index is 0.0417. The minimum atomic E-state index is -1.22. The number of para-hydroxylation sites is 1. The Labute approximate surface area is 186 Å². The average molecular weight is 450 g/mol. The van der Waals surface area contributed by atoms with E-state index in [-0.39, 0.29) is 17.5 Å². The maximum atomic E-state index is 14.2. The molecule has 0 saturated heterocycles. The number of rotatable bonds is 6. The predicted molar refractivity (Wildman–Crippen MR) is 119 cm³/mol. The average Bonchev–Trinajstić information content (AvgIpc) is 2.79. The van der Waals surface area contributed by atoms with Gasteiger partial charge in [0.25, 0.3) is 5.56 Å². The smallest absolute Gasteiger partial charge is 0.329 e. The zero-order chi connectivity index (χ0) is 23.5. The number of carbonyl (C=O) groups excluding carboxylic acids is 1. The van der Waals surface area contributed by atoms with Crippen LogP contribution in [0.3, 0.4) is 0 Å². The van der Waals surface area contributed by atoms with E-state index in [1.165, 1.54) is 6.92 Å². The molecule has 0 aliphatic carbocycles. The molecule has 9 heteroatoms. The van der Waals surface area contributed by atoms with E-state index >= 15 is 0 Å². The van der Waals surface area contributed by atoms with E-state index in [0.29, 0.717) is 11.6 Å². The van der Waals surface area contributed by atoms with E-state index in [9.17, 15) is 23.2 Å². The highest BCUT2D eigenvalue weighted by Gasteiger charge is 2.27. The summed E-state index contributed by atoms with van der Waals surface area (Å²) in [6, 6.07) is 13.9. The first kappa shape index (κ1) is 22.1. The maximum Gasteiger partial charge on any atom is 0.329 e. The van der Waals surface area contributed by atoms with Crippen LogP contribution < -0.4 is 16.6 Å². The normalized spacial score (nSPS) is 12.9. The van der Waals surface area contributed by atoms with Crippen LogP contribution in [0.2, 0.25) is 0 Å². The summed E-state index contributed by atoms with van der Waals surface area (Å²) in [4.78, 5) is 45.7. The zero-order valence-electron chi connectivity index (χ0n) is 17.6. The van der Waals surface area contributed by atoms with Crippen LogP contribution in [0.25, 0.3) is 10.9 Å². The molecule has 0 aliphatic heterocycles. The number of benzene rings is 2. The molecule has 0 radical (unpaired) electrons. The number of nitrogens with zero attached hydrogens (tertiary/aromatic N) is 2. The van der Waals surface area contributed by atoms with E-state index in [0.717, 1.165) is 16.3 Å². The first-order valence-corrected chi connectivity index (χ1v) is 10.2. The lowest BCUT2D eigenvalue weighted by Gasteiger charge is -2.22. The molecule has 1 amide bonds. The van der Waals surface area contributed by atoms with Crippen molar-refractivity contribution < 1.29 is 13.6 Å². The molecule has 0 fully saturated rings. The lowest BCUT2D eigenvalue weighted by atomic mass is 10.0. The van der Waals surface area contributed by atoms with Gasteiger partial charge in [-0.1, -0.05) is 42.5 Å². The van der Waals surface area contributed by atoms with Gasteiger partial charge in [0.2, 0.25) is 5.91 Å². The molecular formula is C24H20F2N4O3. The molecule has 4 aromatic rings. The molecular weight excluding hydrogens is 430 g/mol. The number of amides is 1. The van der Waals surface area contributed by atoms with Gasteiger partial charge in [0.15, 0.2) is 0 Å². The van der Waals surface area contributed by atoms with E-state index < -0.39 is 40.9 Å². The molecule has 0 bridgehead atoms. The number of aromatic amines is 1. The van der Waals surface area contributed by atoms with Gasteiger partial charge in [-0.05, 0) is 24.6 Å². The van der Waals surface area contributed by atoms with Crippen LogP contribution in [0.5, 0.6) is 0 Å². The van der Waals surface area contributed by atoms with Crippen LogP contribution in [0.1, 0.15) is 30.3 Å². The lowest BCUT2D eigenvalue weighted by Crippen LogP contribution is -2.46. The Kier molecular flexibility index (Phi) is 6.12. The summed E-state index contributed by atoms with van der Waals surface area (Å²) in [5.74, 6) is -2.44. The SMILES string of the molecule is C[C@@H](NC(=O)[C@H](Cc1ccccc1)n1c(=O)[nH]c2ccccc2c1=O)c1ncc(F)cc1F. The van der Waals surface area contributed by atoms with Crippen molar-refractivity contribution in [3.05, 3.63) is 111 Å². The molecule has 0 spiro atoms. The van der Waals surface area contributed by atoms with Gasteiger partial charge < -0.3 is 10.3 Å². The van der Waals surface area contributed by atoms with Crippen molar-refractivity contribution in [3.63, 3.8) is 0 Å². The lowest BCUT2D eigenvalue weighted by molar-refractivity contribution is -0.125. The molecule has 33 heavy (non-hydrogen) atoms. The Morgan fingerprint density at radius 2 is 1.79 bits per heavy atom. The van der Waals surface area contributed by atoms with Gasteiger partial charge >= 0.3 is 5.69 Å². The highest BCUT2D eigenvalue weighted by molar-refractivity contribution is 5.82. The summed E-state index contributed by atoms with van der Waals surface area (Å²) < 4.78 is 28.2. The van der Waals surface area contributed by atoms with Crippen molar-refractivity contribution in [3.8, 4) is 0 Å². The molecule has 2 N–H and O–H groups in total. The zero-order valence-corrected chi connectivity index (χ0v) is 17.6. The second kappa shape index (κ2) is 9.15. The third-order valence-corrected chi connectivity index (χ3v) is 5.33. The van der Waals surface area contributed by atoms with Crippen molar-refractivity contribution in [1.29, 1.82) is 0 Å². The first-order chi connectivity index (χ1) is 15.8. The van der Waals surface area contributed by atoms with Crippen LogP contribution in [-0.4, -0.2) is 20.4 Å². The molecule has 2 heterocycles. The van der Waals surface area contributed by atoms with Crippen molar-refractivity contribution in [2.45, 2.75) is 25.4 Å². The number of H-pyrrole nitrogens is 1. The molecule has 2 aromatic carbocycles. The van der Waals surface area contributed by atoms with Crippen molar-refractivity contribution in [2.24, 2.45) is 0 Å². The van der Waals surface area contributed by atoms with Gasteiger partial charge in [0, 0.05) is 12.5 Å². The van der Waals surface area contributed by atoms with E-state index in [1.807, 2.05) is 0 Å². The first-order valence-electron chi connectivity index (χ1n) is 10.2. The number of hydrogen-bond acceptors (Lipinski definition) is 4. The standard InChI is InChI=1S/C24H20F2N4O3/c1-14(21-18(26)12-16(25)13-27-21)28-22(31)20(11-15-7-3-2-4-8-15)30-23(32)17-9-5-6-10-19(17)29-24(30)33/h2-10,12-14,20H,11H2,1H3,(H,28,31)(H,29,33)/t14-,20+/m1/s1. The second-order valence-electron chi connectivity index (χ2n) is 7.61. The number of carbonyl (C=O) groups is 1. The Morgan fingerprint density at radius 1 is 1.09 bits per heavy atom. The van der Waals surface area contributed by atoms with Crippen molar-refractivity contribution in [2.75, 3.05) is 0 Å².